The molecule has 0 aromatic rings. The molecule has 5 unspecified atom stereocenters. The van der Waals surface area contributed by atoms with E-state index in [0.29, 0.717) is 6.42 Å². The summed E-state index contributed by atoms with van der Waals surface area (Å²) in [6.07, 6.45) is -0.350. The summed E-state index contributed by atoms with van der Waals surface area (Å²) in [5, 5.41) is 16.7. The van der Waals surface area contributed by atoms with Gasteiger partial charge >= 0.3 is 5.97 Å². The van der Waals surface area contributed by atoms with E-state index in [0.717, 1.165) is 0 Å². The second kappa shape index (κ2) is 14.8. The van der Waals surface area contributed by atoms with Crippen molar-refractivity contribution in [3.63, 3.8) is 0 Å². The number of carboxylic acids is 1. The van der Waals surface area contributed by atoms with Gasteiger partial charge in [0.25, 0.3) is 0 Å². The first kappa shape index (κ1) is 30.8. The number of nitrogens with one attached hydrogen (secondary N) is 3. The van der Waals surface area contributed by atoms with Crippen LogP contribution in [0.2, 0.25) is 0 Å². The minimum atomic E-state index is -1.39. The number of carboxylic acid groups (broad SMARTS) is 1. The molecule has 0 aliphatic carbocycles. The highest BCUT2D eigenvalue weighted by atomic mass is 16.4. The number of carbonyl (C=O) groups excluding carboxylic acids is 5. The van der Waals surface area contributed by atoms with Crippen molar-refractivity contribution in [3.8, 4) is 0 Å². The smallest absolute Gasteiger partial charge is 0.326 e. The molecule has 0 heterocycles. The van der Waals surface area contributed by atoms with Crippen molar-refractivity contribution in [1.82, 2.24) is 16.0 Å². The molecule has 0 radical (unpaired) electrons. The summed E-state index contributed by atoms with van der Waals surface area (Å²) in [7, 11) is 0. The van der Waals surface area contributed by atoms with E-state index in [1.54, 1.807) is 27.7 Å². The number of hydrogen-bond donors (Lipinski definition) is 7. The third kappa shape index (κ3) is 11.1. The molecule has 13 nitrogen and oxygen atoms in total. The van der Waals surface area contributed by atoms with Crippen LogP contribution in [0.1, 0.15) is 59.8 Å². The zero-order valence-corrected chi connectivity index (χ0v) is 20.1. The Morgan fingerprint density at radius 2 is 1.24 bits per heavy atom. The highest BCUT2D eigenvalue weighted by Crippen LogP contribution is 2.11. The Kier molecular flexibility index (Phi) is 13.4. The van der Waals surface area contributed by atoms with E-state index >= 15 is 0 Å². The van der Waals surface area contributed by atoms with Crippen LogP contribution in [0.5, 0.6) is 0 Å². The van der Waals surface area contributed by atoms with Crippen LogP contribution in [0.25, 0.3) is 0 Å². The van der Waals surface area contributed by atoms with Gasteiger partial charge in [0, 0.05) is 12.8 Å². The predicted molar refractivity (Wildman–Crippen MR) is 123 cm³/mol. The van der Waals surface area contributed by atoms with Crippen molar-refractivity contribution < 1.29 is 33.9 Å². The van der Waals surface area contributed by atoms with E-state index in [4.69, 9.17) is 17.2 Å². The van der Waals surface area contributed by atoms with Gasteiger partial charge in [-0.2, -0.15) is 0 Å². The third-order valence-corrected chi connectivity index (χ3v) is 5.42. The molecule has 0 aromatic carbocycles. The molecule has 0 saturated carbocycles. The topological polar surface area (TPSA) is 237 Å². The van der Waals surface area contributed by atoms with Gasteiger partial charge in [0.15, 0.2) is 0 Å². The maximum atomic E-state index is 13.0. The summed E-state index contributed by atoms with van der Waals surface area (Å²) >= 11 is 0. The van der Waals surface area contributed by atoms with Gasteiger partial charge < -0.3 is 38.3 Å². The van der Waals surface area contributed by atoms with Gasteiger partial charge in [0.05, 0.1) is 6.04 Å². The largest absolute Gasteiger partial charge is 0.480 e. The lowest BCUT2D eigenvalue weighted by molar-refractivity contribution is -0.143. The molecule has 0 spiro atoms. The molecule has 5 amide bonds. The lowest BCUT2D eigenvalue weighted by Crippen LogP contribution is -2.59. The first-order chi connectivity index (χ1) is 15.7. The summed E-state index contributed by atoms with van der Waals surface area (Å²) in [6.45, 7) is 6.90. The fraction of sp³-hybridized carbons (Fsp3) is 0.714. The van der Waals surface area contributed by atoms with Gasteiger partial charge in [-0.15, -0.1) is 0 Å². The van der Waals surface area contributed by atoms with E-state index < -0.39 is 65.6 Å². The summed E-state index contributed by atoms with van der Waals surface area (Å²) in [5.74, 6) is -5.55. The fourth-order valence-corrected chi connectivity index (χ4v) is 2.89. The minimum Gasteiger partial charge on any atom is -0.480 e. The highest BCUT2D eigenvalue weighted by Gasteiger charge is 2.33. The molecule has 13 heteroatoms. The van der Waals surface area contributed by atoms with Crippen LogP contribution in [-0.4, -0.2) is 64.8 Å². The molecule has 34 heavy (non-hydrogen) atoms. The Bertz CT molecular complexity index is 758. The van der Waals surface area contributed by atoms with Crippen molar-refractivity contribution in [2.75, 3.05) is 0 Å². The summed E-state index contributed by atoms with van der Waals surface area (Å²) in [6, 6.07) is -4.65. The average Bonchev–Trinajstić information content (AvgIpc) is 2.75. The number of primary amides is 2. The van der Waals surface area contributed by atoms with E-state index in [-0.39, 0.29) is 31.6 Å². The van der Waals surface area contributed by atoms with Crippen molar-refractivity contribution in [2.24, 2.45) is 29.0 Å². The summed E-state index contributed by atoms with van der Waals surface area (Å²) in [5.41, 5.74) is 16.1. The fourth-order valence-electron chi connectivity index (χ4n) is 2.89. The average molecular weight is 487 g/mol. The third-order valence-electron chi connectivity index (χ3n) is 5.42. The Morgan fingerprint density at radius 3 is 1.65 bits per heavy atom. The van der Waals surface area contributed by atoms with Crippen molar-refractivity contribution in [1.29, 1.82) is 0 Å². The van der Waals surface area contributed by atoms with Gasteiger partial charge in [0.1, 0.15) is 18.1 Å². The number of carbonyl (C=O) groups is 6. The minimum absolute atomic E-state index is 0.122. The van der Waals surface area contributed by atoms with Crippen LogP contribution in [-0.2, 0) is 28.8 Å². The maximum absolute atomic E-state index is 13.0. The number of aliphatic carboxylic acids is 1. The van der Waals surface area contributed by atoms with Crippen LogP contribution in [0, 0.1) is 11.8 Å². The molecule has 0 saturated heterocycles. The van der Waals surface area contributed by atoms with E-state index in [2.05, 4.69) is 16.0 Å². The van der Waals surface area contributed by atoms with Gasteiger partial charge in [-0.3, -0.25) is 24.0 Å². The SMILES string of the molecule is CCC(C)C(NC(=O)C(CCC(N)=O)NC(=O)C(N)C(C)C)C(=O)NC(CCC(N)=O)C(=O)O. The molecule has 0 aliphatic heterocycles. The van der Waals surface area contributed by atoms with Crippen LogP contribution in [0.15, 0.2) is 0 Å². The summed E-state index contributed by atoms with van der Waals surface area (Å²) in [4.78, 5) is 71.9. The Hall–Kier alpha value is -3.22. The van der Waals surface area contributed by atoms with Crippen LogP contribution < -0.4 is 33.2 Å². The van der Waals surface area contributed by atoms with Crippen molar-refractivity contribution in [2.45, 2.75) is 84.0 Å². The summed E-state index contributed by atoms with van der Waals surface area (Å²) < 4.78 is 0. The second-order valence-corrected chi connectivity index (χ2v) is 8.61. The predicted octanol–water partition coefficient (Wildman–Crippen LogP) is -1.91. The Morgan fingerprint density at radius 1 is 0.765 bits per heavy atom. The molecule has 10 N–H and O–H groups in total. The number of rotatable bonds is 16. The maximum Gasteiger partial charge on any atom is 0.326 e. The lowest BCUT2D eigenvalue weighted by atomic mass is 9.96. The van der Waals surface area contributed by atoms with Crippen LogP contribution in [0.3, 0.4) is 0 Å². The highest BCUT2D eigenvalue weighted by molar-refractivity contribution is 5.94. The molecule has 194 valence electrons. The van der Waals surface area contributed by atoms with E-state index in [1.807, 2.05) is 0 Å². The van der Waals surface area contributed by atoms with Gasteiger partial charge in [-0.1, -0.05) is 34.1 Å². The first-order valence-corrected chi connectivity index (χ1v) is 11.2. The number of amides is 5. The molecule has 0 rings (SSSR count). The van der Waals surface area contributed by atoms with Gasteiger partial charge in [-0.05, 0) is 24.7 Å². The second-order valence-electron chi connectivity index (χ2n) is 8.61. The number of hydrogen-bond acceptors (Lipinski definition) is 7. The molecule has 0 bridgehead atoms. The quantitative estimate of drug-likeness (QED) is 0.129. The van der Waals surface area contributed by atoms with Crippen molar-refractivity contribution in [3.05, 3.63) is 0 Å². The molecule has 5 atom stereocenters. The van der Waals surface area contributed by atoms with Crippen LogP contribution >= 0.6 is 0 Å². The van der Waals surface area contributed by atoms with Gasteiger partial charge in [-0.25, -0.2) is 4.79 Å². The Labute approximate surface area is 198 Å². The standard InChI is InChI=1S/C21H38N6O7/c1-5-11(4)17(20(32)26-13(21(33)34)7-9-15(23)29)27-18(30)12(6-8-14(22)28)25-19(31)16(24)10(2)3/h10-13,16-17H,5-9,24H2,1-4H3,(H2,22,28)(H2,23,29)(H,25,31)(H,26,32)(H,27,30)(H,33,34). The molecule has 0 aliphatic rings. The van der Waals surface area contributed by atoms with E-state index in [9.17, 15) is 33.9 Å². The number of nitrogens with two attached hydrogens (primary N) is 3. The molecular weight excluding hydrogens is 448 g/mol. The normalized spacial score (nSPS) is 15.4. The van der Waals surface area contributed by atoms with Gasteiger partial charge in [0.2, 0.25) is 29.5 Å². The van der Waals surface area contributed by atoms with Crippen LogP contribution in [0.4, 0.5) is 0 Å². The molecule has 0 fully saturated rings. The first-order valence-electron chi connectivity index (χ1n) is 11.2. The lowest BCUT2D eigenvalue weighted by Gasteiger charge is -2.28. The zero-order valence-electron chi connectivity index (χ0n) is 20.1. The zero-order chi connectivity index (χ0) is 26.6. The molecule has 0 aromatic heterocycles. The Balaban J connectivity index is 5.62. The van der Waals surface area contributed by atoms with E-state index in [1.165, 1.54) is 0 Å². The monoisotopic (exact) mass is 486 g/mol. The molecular formula is C21H38N6O7. The van der Waals surface area contributed by atoms with Crippen molar-refractivity contribution >= 4 is 35.5 Å².